The first-order valence-electron chi connectivity index (χ1n) is 10.0. The number of anilines is 3. The van der Waals surface area contributed by atoms with Crippen LogP contribution in [-0.4, -0.2) is 39.7 Å². The lowest BCUT2D eigenvalue weighted by molar-refractivity contribution is -0.116. The van der Waals surface area contributed by atoms with Crippen molar-refractivity contribution in [2.75, 3.05) is 33.9 Å². The molecular formula is C22H29N3O3S. The SMILES string of the molecule is CCc1ccc(N([C@H](C)C(=O)Nc2ccc(N3CCCC3)cc2)S(C)(=O)=O)cc1. The number of aryl methyl sites for hydroxylation is 1. The van der Waals surface area contributed by atoms with Gasteiger partial charge in [0.1, 0.15) is 6.04 Å². The fourth-order valence-corrected chi connectivity index (χ4v) is 4.84. The van der Waals surface area contributed by atoms with E-state index in [9.17, 15) is 13.2 Å². The average molecular weight is 416 g/mol. The van der Waals surface area contributed by atoms with E-state index in [4.69, 9.17) is 0 Å². The first kappa shape index (κ1) is 21.2. The van der Waals surface area contributed by atoms with Gasteiger partial charge in [-0.2, -0.15) is 0 Å². The van der Waals surface area contributed by atoms with E-state index in [1.165, 1.54) is 17.1 Å². The van der Waals surface area contributed by atoms with Crippen molar-refractivity contribution in [3.8, 4) is 0 Å². The lowest BCUT2D eigenvalue weighted by atomic mass is 10.1. The topological polar surface area (TPSA) is 69.7 Å². The predicted octanol–water partition coefficient (Wildman–Crippen LogP) is 3.64. The summed E-state index contributed by atoms with van der Waals surface area (Å²) >= 11 is 0. The third-order valence-electron chi connectivity index (χ3n) is 5.29. The Morgan fingerprint density at radius 3 is 2.17 bits per heavy atom. The lowest BCUT2D eigenvalue weighted by Crippen LogP contribution is -2.45. The van der Waals surface area contributed by atoms with Crippen LogP contribution in [0.3, 0.4) is 0 Å². The number of hydrogen-bond donors (Lipinski definition) is 1. The molecule has 1 aliphatic heterocycles. The Morgan fingerprint density at radius 1 is 1.07 bits per heavy atom. The zero-order chi connectivity index (χ0) is 21.0. The molecule has 1 heterocycles. The highest BCUT2D eigenvalue weighted by Crippen LogP contribution is 2.24. The number of hydrogen-bond acceptors (Lipinski definition) is 4. The van der Waals surface area contributed by atoms with Gasteiger partial charge in [-0.15, -0.1) is 0 Å². The minimum atomic E-state index is -3.63. The smallest absolute Gasteiger partial charge is 0.247 e. The molecule has 0 bridgehead atoms. The molecule has 2 aromatic rings. The van der Waals surface area contributed by atoms with Crippen LogP contribution in [0.2, 0.25) is 0 Å². The normalized spacial score (nSPS) is 15.2. The Labute approximate surface area is 173 Å². The van der Waals surface area contributed by atoms with Gasteiger partial charge in [-0.3, -0.25) is 9.10 Å². The summed E-state index contributed by atoms with van der Waals surface area (Å²) in [5.41, 5.74) is 3.39. The van der Waals surface area contributed by atoms with Crippen molar-refractivity contribution in [1.82, 2.24) is 0 Å². The molecule has 156 valence electrons. The molecule has 0 spiro atoms. The summed E-state index contributed by atoms with van der Waals surface area (Å²) in [6, 6.07) is 14.1. The maximum absolute atomic E-state index is 12.8. The summed E-state index contributed by atoms with van der Waals surface area (Å²) in [6.45, 7) is 5.75. The highest BCUT2D eigenvalue weighted by atomic mass is 32.2. The van der Waals surface area contributed by atoms with Gasteiger partial charge in [-0.1, -0.05) is 19.1 Å². The number of carbonyl (C=O) groups is 1. The molecule has 0 aromatic heterocycles. The van der Waals surface area contributed by atoms with Crippen molar-refractivity contribution in [2.24, 2.45) is 0 Å². The maximum Gasteiger partial charge on any atom is 0.247 e. The highest BCUT2D eigenvalue weighted by molar-refractivity contribution is 7.92. The van der Waals surface area contributed by atoms with Gasteiger partial charge >= 0.3 is 0 Å². The van der Waals surface area contributed by atoms with Crippen LogP contribution in [0.15, 0.2) is 48.5 Å². The Bertz CT molecular complexity index is 934. The fraction of sp³-hybridized carbons (Fsp3) is 0.409. The number of nitrogens with zero attached hydrogens (tertiary/aromatic N) is 2. The Hall–Kier alpha value is -2.54. The van der Waals surface area contributed by atoms with Crippen LogP contribution in [-0.2, 0) is 21.2 Å². The summed E-state index contributed by atoms with van der Waals surface area (Å²) < 4.78 is 26.0. The second-order valence-corrected chi connectivity index (χ2v) is 9.34. The molecule has 1 fully saturated rings. The number of rotatable bonds is 7. The molecule has 7 heteroatoms. The number of sulfonamides is 1. The molecule has 0 saturated carbocycles. The number of carbonyl (C=O) groups excluding carboxylic acids is 1. The van der Waals surface area contributed by atoms with E-state index in [-0.39, 0.29) is 5.91 Å². The quantitative estimate of drug-likeness (QED) is 0.750. The molecular weight excluding hydrogens is 386 g/mol. The molecule has 0 radical (unpaired) electrons. The Balaban J connectivity index is 1.75. The molecule has 2 aromatic carbocycles. The molecule has 1 amide bonds. The number of benzene rings is 2. The van der Waals surface area contributed by atoms with Crippen LogP contribution in [0.4, 0.5) is 17.1 Å². The molecule has 1 N–H and O–H groups in total. The molecule has 0 aliphatic carbocycles. The van der Waals surface area contributed by atoms with Gasteiger partial charge in [0.05, 0.1) is 11.9 Å². The predicted molar refractivity (Wildman–Crippen MR) is 119 cm³/mol. The first-order valence-corrected chi connectivity index (χ1v) is 11.9. The highest BCUT2D eigenvalue weighted by Gasteiger charge is 2.29. The van der Waals surface area contributed by atoms with Crippen molar-refractivity contribution in [3.63, 3.8) is 0 Å². The second kappa shape index (κ2) is 8.86. The van der Waals surface area contributed by atoms with Gasteiger partial charge < -0.3 is 10.2 Å². The minimum Gasteiger partial charge on any atom is -0.372 e. The first-order chi connectivity index (χ1) is 13.8. The van der Waals surface area contributed by atoms with Crippen LogP contribution in [0.1, 0.15) is 32.3 Å². The van der Waals surface area contributed by atoms with Gasteiger partial charge in [-0.05, 0) is 68.1 Å². The maximum atomic E-state index is 12.8. The van der Waals surface area contributed by atoms with Crippen LogP contribution in [0.25, 0.3) is 0 Å². The molecule has 29 heavy (non-hydrogen) atoms. The number of amides is 1. The third kappa shape index (κ3) is 5.09. The number of nitrogens with one attached hydrogen (secondary N) is 1. The van der Waals surface area contributed by atoms with E-state index in [1.807, 2.05) is 43.3 Å². The van der Waals surface area contributed by atoms with E-state index in [2.05, 4.69) is 10.2 Å². The standard InChI is InChI=1S/C22H29N3O3S/c1-4-18-7-11-21(12-8-18)25(29(3,27)28)17(2)22(26)23-19-9-13-20(14-10-19)24-15-5-6-16-24/h7-14,17H,4-6,15-16H2,1-3H3,(H,23,26)/t17-/m1/s1. The van der Waals surface area contributed by atoms with Crippen LogP contribution in [0.5, 0.6) is 0 Å². The summed E-state index contributed by atoms with van der Waals surface area (Å²) in [5.74, 6) is -0.371. The monoisotopic (exact) mass is 415 g/mol. The van der Waals surface area contributed by atoms with Crippen molar-refractivity contribution < 1.29 is 13.2 Å². The van der Waals surface area contributed by atoms with E-state index < -0.39 is 16.1 Å². The van der Waals surface area contributed by atoms with Crippen LogP contribution >= 0.6 is 0 Å². The molecule has 3 rings (SSSR count). The molecule has 1 saturated heterocycles. The van der Waals surface area contributed by atoms with Crippen molar-refractivity contribution in [1.29, 1.82) is 0 Å². The Morgan fingerprint density at radius 2 is 1.66 bits per heavy atom. The largest absolute Gasteiger partial charge is 0.372 e. The van der Waals surface area contributed by atoms with Gasteiger partial charge in [0.15, 0.2) is 0 Å². The molecule has 1 aliphatic rings. The van der Waals surface area contributed by atoms with Crippen molar-refractivity contribution in [2.45, 2.75) is 39.2 Å². The summed E-state index contributed by atoms with van der Waals surface area (Å²) in [7, 11) is -3.63. The van der Waals surface area contributed by atoms with Crippen molar-refractivity contribution in [3.05, 3.63) is 54.1 Å². The zero-order valence-electron chi connectivity index (χ0n) is 17.3. The van der Waals surface area contributed by atoms with Crippen LogP contribution in [0, 0.1) is 0 Å². The van der Waals surface area contributed by atoms with E-state index in [1.54, 1.807) is 19.1 Å². The zero-order valence-corrected chi connectivity index (χ0v) is 18.1. The summed E-state index contributed by atoms with van der Waals surface area (Å²) in [4.78, 5) is 15.1. The van der Waals surface area contributed by atoms with Gasteiger partial charge in [0.25, 0.3) is 0 Å². The Kier molecular flexibility index (Phi) is 6.47. The molecule has 1 atom stereocenters. The van der Waals surface area contributed by atoms with Gasteiger partial charge in [0.2, 0.25) is 15.9 Å². The molecule has 6 nitrogen and oxygen atoms in total. The van der Waals surface area contributed by atoms with E-state index >= 15 is 0 Å². The third-order valence-corrected chi connectivity index (χ3v) is 6.54. The molecule has 0 unspecified atom stereocenters. The van der Waals surface area contributed by atoms with Gasteiger partial charge in [-0.25, -0.2) is 8.42 Å². The summed E-state index contributed by atoms with van der Waals surface area (Å²) in [5, 5.41) is 2.84. The van der Waals surface area contributed by atoms with Crippen molar-refractivity contribution >= 4 is 33.0 Å². The fourth-order valence-electron chi connectivity index (χ4n) is 3.66. The van der Waals surface area contributed by atoms with E-state index in [0.717, 1.165) is 37.0 Å². The summed E-state index contributed by atoms with van der Waals surface area (Å²) in [6.07, 6.45) is 4.39. The average Bonchev–Trinajstić information content (AvgIpc) is 3.23. The van der Waals surface area contributed by atoms with E-state index in [0.29, 0.717) is 11.4 Å². The second-order valence-electron chi connectivity index (χ2n) is 7.49. The minimum absolute atomic E-state index is 0.371. The van der Waals surface area contributed by atoms with Gasteiger partial charge in [0, 0.05) is 24.5 Å². The lowest BCUT2D eigenvalue weighted by Gasteiger charge is -2.28. The van der Waals surface area contributed by atoms with Crippen LogP contribution < -0.4 is 14.5 Å².